The monoisotopic (exact) mass is 282 g/mol. The predicted molar refractivity (Wildman–Crippen MR) is 87.6 cm³/mol. The number of rotatable bonds is 3. The van der Waals surface area contributed by atoms with Crippen molar-refractivity contribution in [2.24, 2.45) is 0 Å². The lowest BCUT2D eigenvalue weighted by atomic mass is 10.0. The SMILES string of the molecule is CC(C)(C)NC(=O)Nc1ccccc1Cc1ccccc1. The van der Waals surface area contributed by atoms with Gasteiger partial charge in [0.05, 0.1) is 0 Å². The van der Waals surface area contributed by atoms with E-state index in [9.17, 15) is 4.79 Å². The van der Waals surface area contributed by atoms with E-state index in [-0.39, 0.29) is 11.6 Å². The molecule has 0 saturated carbocycles. The van der Waals surface area contributed by atoms with Gasteiger partial charge in [0, 0.05) is 11.2 Å². The van der Waals surface area contributed by atoms with Gasteiger partial charge in [-0.15, -0.1) is 0 Å². The summed E-state index contributed by atoms with van der Waals surface area (Å²) in [6.07, 6.45) is 0.798. The molecule has 2 N–H and O–H groups in total. The fourth-order valence-electron chi connectivity index (χ4n) is 2.11. The number of nitrogens with one attached hydrogen (secondary N) is 2. The van der Waals surface area contributed by atoms with E-state index in [1.54, 1.807) is 0 Å². The largest absolute Gasteiger partial charge is 0.333 e. The van der Waals surface area contributed by atoms with Crippen LogP contribution in [0.3, 0.4) is 0 Å². The molecular weight excluding hydrogens is 260 g/mol. The molecule has 0 aliphatic rings. The zero-order valence-corrected chi connectivity index (χ0v) is 12.8. The number of benzene rings is 2. The summed E-state index contributed by atoms with van der Waals surface area (Å²) in [4.78, 5) is 12.0. The fraction of sp³-hybridized carbons (Fsp3) is 0.278. The molecule has 0 aliphatic heterocycles. The molecule has 0 radical (unpaired) electrons. The normalized spacial score (nSPS) is 11.0. The van der Waals surface area contributed by atoms with E-state index in [1.165, 1.54) is 5.56 Å². The third kappa shape index (κ3) is 4.95. The number of para-hydroxylation sites is 1. The molecule has 0 bridgehead atoms. The highest BCUT2D eigenvalue weighted by atomic mass is 16.2. The Morgan fingerprint density at radius 1 is 0.952 bits per heavy atom. The maximum atomic E-state index is 12.0. The molecule has 3 heteroatoms. The van der Waals surface area contributed by atoms with Gasteiger partial charge in [0.15, 0.2) is 0 Å². The first-order chi connectivity index (χ1) is 9.94. The summed E-state index contributed by atoms with van der Waals surface area (Å²) in [5, 5.41) is 5.85. The van der Waals surface area contributed by atoms with Gasteiger partial charge in [-0.05, 0) is 44.4 Å². The highest BCUT2D eigenvalue weighted by Gasteiger charge is 2.14. The van der Waals surface area contributed by atoms with Crippen LogP contribution in [-0.2, 0) is 6.42 Å². The van der Waals surface area contributed by atoms with E-state index >= 15 is 0 Å². The highest BCUT2D eigenvalue weighted by molar-refractivity contribution is 5.90. The topological polar surface area (TPSA) is 41.1 Å². The summed E-state index contributed by atoms with van der Waals surface area (Å²) in [6.45, 7) is 5.88. The van der Waals surface area contributed by atoms with Crippen LogP contribution in [-0.4, -0.2) is 11.6 Å². The fourth-order valence-corrected chi connectivity index (χ4v) is 2.11. The minimum Gasteiger partial charge on any atom is -0.333 e. The van der Waals surface area contributed by atoms with E-state index in [0.29, 0.717) is 0 Å². The van der Waals surface area contributed by atoms with Crippen LogP contribution >= 0.6 is 0 Å². The molecule has 0 aliphatic carbocycles. The van der Waals surface area contributed by atoms with Gasteiger partial charge in [0.2, 0.25) is 0 Å². The van der Waals surface area contributed by atoms with Gasteiger partial charge < -0.3 is 10.6 Å². The lowest BCUT2D eigenvalue weighted by Gasteiger charge is -2.21. The first-order valence-corrected chi connectivity index (χ1v) is 7.15. The quantitative estimate of drug-likeness (QED) is 0.870. The molecule has 2 aromatic carbocycles. The van der Waals surface area contributed by atoms with Crippen molar-refractivity contribution < 1.29 is 4.79 Å². The Morgan fingerprint density at radius 3 is 2.24 bits per heavy atom. The van der Waals surface area contributed by atoms with Crippen LogP contribution in [0.15, 0.2) is 54.6 Å². The molecule has 0 atom stereocenters. The number of hydrogen-bond donors (Lipinski definition) is 2. The van der Waals surface area contributed by atoms with Gasteiger partial charge in [0.25, 0.3) is 0 Å². The van der Waals surface area contributed by atoms with Crippen LogP contribution < -0.4 is 10.6 Å². The molecule has 0 saturated heterocycles. The van der Waals surface area contributed by atoms with Gasteiger partial charge in [0.1, 0.15) is 0 Å². The molecule has 21 heavy (non-hydrogen) atoms. The van der Waals surface area contributed by atoms with Crippen molar-refractivity contribution in [3.63, 3.8) is 0 Å². The number of urea groups is 1. The van der Waals surface area contributed by atoms with Crippen LogP contribution in [0.1, 0.15) is 31.9 Å². The molecule has 2 rings (SSSR count). The molecule has 3 nitrogen and oxygen atoms in total. The molecule has 0 aromatic heterocycles. The summed E-state index contributed by atoms with van der Waals surface area (Å²) in [5.74, 6) is 0. The first kappa shape index (κ1) is 15.1. The van der Waals surface area contributed by atoms with E-state index in [0.717, 1.165) is 17.7 Å². The van der Waals surface area contributed by atoms with Crippen molar-refractivity contribution >= 4 is 11.7 Å². The molecular formula is C18H22N2O. The summed E-state index contributed by atoms with van der Waals surface area (Å²) in [5.41, 5.74) is 2.93. The minimum absolute atomic E-state index is 0.178. The number of carbonyl (C=O) groups excluding carboxylic acids is 1. The summed E-state index contributed by atoms with van der Waals surface area (Å²) in [6, 6.07) is 18.0. The maximum absolute atomic E-state index is 12.0. The van der Waals surface area contributed by atoms with E-state index < -0.39 is 0 Å². The molecule has 0 heterocycles. The Kier molecular flexibility index (Phi) is 4.63. The zero-order valence-electron chi connectivity index (χ0n) is 12.8. The average molecular weight is 282 g/mol. The van der Waals surface area contributed by atoms with Crippen molar-refractivity contribution in [3.8, 4) is 0 Å². The van der Waals surface area contributed by atoms with E-state index in [4.69, 9.17) is 0 Å². The third-order valence-electron chi connectivity index (χ3n) is 2.99. The molecule has 2 amide bonds. The second-order valence-corrected chi connectivity index (χ2v) is 6.15. The summed E-state index contributed by atoms with van der Waals surface area (Å²) in [7, 11) is 0. The second kappa shape index (κ2) is 6.44. The Morgan fingerprint density at radius 2 is 1.57 bits per heavy atom. The lowest BCUT2D eigenvalue weighted by Crippen LogP contribution is -2.43. The Balaban J connectivity index is 2.12. The third-order valence-corrected chi connectivity index (χ3v) is 2.99. The highest BCUT2D eigenvalue weighted by Crippen LogP contribution is 2.19. The molecule has 0 fully saturated rings. The van der Waals surface area contributed by atoms with Crippen LogP contribution in [0.2, 0.25) is 0 Å². The van der Waals surface area contributed by atoms with Gasteiger partial charge in [-0.3, -0.25) is 0 Å². The molecule has 2 aromatic rings. The summed E-state index contributed by atoms with van der Waals surface area (Å²) < 4.78 is 0. The number of carbonyl (C=O) groups is 1. The predicted octanol–water partition coefficient (Wildman–Crippen LogP) is 4.20. The van der Waals surface area contributed by atoms with Crippen LogP contribution in [0.5, 0.6) is 0 Å². The molecule has 0 spiro atoms. The van der Waals surface area contributed by atoms with Gasteiger partial charge in [-0.1, -0.05) is 48.5 Å². The van der Waals surface area contributed by atoms with E-state index in [2.05, 4.69) is 22.8 Å². The van der Waals surface area contributed by atoms with Crippen molar-refractivity contribution in [1.29, 1.82) is 0 Å². The standard InChI is InChI=1S/C18H22N2O/c1-18(2,3)20-17(21)19-16-12-8-7-11-15(16)13-14-9-5-4-6-10-14/h4-12H,13H2,1-3H3,(H2,19,20,21). The molecule has 110 valence electrons. The zero-order chi connectivity index (χ0) is 15.3. The smallest absolute Gasteiger partial charge is 0.319 e. The van der Waals surface area contributed by atoms with Gasteiger partial charge >= 0.3 is 6.03 Å². The minimum atomic E-state index is -0.252. The Bertz CT molecular complexity index is 600. The van der Waals surface area contributed by atoms with Crippen molar-refractivity contribution in [2.75, 3.05) is 5.32 Å². The van der Waals surface area contributed by atoms with Crippen molar-refractivity contribution in [2.45, 2.75) is 32.7 Å². The number of anilines is 1. The number of hydrogen-bond acceptors (Lipinski definition) is 1. The van der Waals surface area contributed by atoms with E-state index in [1.807, 2.05) is 63.2 Å². The Hall–Kier alpha value is -2.29. The average Bonchev–Trinajstić information content (AvgIpc) is 2.40. The summed E-state index contributed by atoms with van der Waals surface area (Å²) >= 11 is 0. The van der Waals surface area contributed by atoms with Gasteiger partial charge in [-0.2, -0.15) is 0 Å². The van der Waals surface area contributed by atoms with Crippen LogP contribution in [0.25, 0.3) is 0 Å². The van der Waals surface area contributed by atoms with Crippen LogP contribution in [0.4, 0.5) is 10.5 Å². The maximum Gasteiger partial charge on any atom is 0.319 e. The first-order valence-electron chi connectivity index (χ1n) is 7.15. The van der Waals surface area contributed by atoms with Gasteiger partial charge in [-0.25, -0.2) is 4.79 Å². The van der Waals surface area contributed by atoms with Crippen LogP contribution in [0, 0.1) is 0 Å². The Labute approximate surface area is 126 Å². The lowest BCUT2D eigenvalue weighted by molar-refractivity contribution is 0.244. The number of amides is 2. The second-order valence-electron chi connectivity index (χ2n) is 6.15. The van der Waals surface area contributed by atoms with Crippen molar-refractivity contribution in [1.82, 2.24) is 5.32 Å². The molecule has 0 unspecified atom stereocenters. The van der Waals surface area contributed by atoms with Crippen molar-refractivity contribution in [3.05, 3.63) is 65.7 Å².